The van der Waals surface area contributed by atoms with Gasteiger partial charge in [-0.3, -0.25) is 0 Å². The lowest BCUT2D eigenvalue weighted by Crippen LogP contribution is -2.63. The Morgan fingerprint density at radius 3 is 2.00 bits per heavy atom. The van der Waals surface area contributed by atoms with Crippen LogP contribution in [-0.2, 0) is 0 Å². The van der Waals surface area contributed by atoms with E-state index >= 15 is 0 Å². The summed E-state index contributed by atoms with van der Waals surface area (Å²) < 4.78 is 37.9. The average molecular weight is 185 g/mol. The minimum atomic E-state index is -3.42. The van der Waals surface area contributed by atoms with Gasteiger partial charge in [-0.1, -0.05) is 24.6 Å². The zero-order chi connectivity index (χ0) is 8.91. The standard InChI is InChI=1S/C7H8ClF3/c1-3-5(2)4-6(9,10)7(5,8)11/h3H,1,4H2,2H3/t5-,7-/m1/s1. The predicted molar refractivity (Wildman–Crippen MR) is 37.6 cm³/mol. The van der Waals surface area contributed by atoms with Crippen molar-refractivity contribution in [2.75, 3.05) is 0 Å². The average Bonchev–Trinajstić information content (AvgIpc) is 1.86. The van der Waals surface area contributed by atoms with Crippen LogP contribution in [0, 0.1) is 5.41 Å². The van der Waals surface area contributed by atoms with E-state index in [1.54, 1.807) is 0 Å². The van der Waals surface area contributed by atoms with Crippen molar-refractivity contribution in [1.82, 2.24) is 0 Å². The van der Waals surface area contributed by atoms with Gasteiger partial charge in [-0.05, 0) is 0 Å². The molecule has 0 bridgehead atoms. The van der Waals surface area contributed by atoms with Crippen molar-refractivity contribution in [2.24, 2.45) is 5.41 Å². The third-order valence-corrected chi connectivity index (χ3v) is 2.92. The number of allylic oxidation sites excluding steroid dienone is 1. The number of hydrogen-bond acceptors (Lipinski definition) is 0. The van der Waals surface area contributed by atoms with Crippen LogP contribution in [0.2, 0.25) is 0 Å². The molecule has 0 amide bonds. The van der Waals surface area contributed by atoms with Crippen LogP contribution in [0.5, 0.6) is 0 Å². The van der Waals surface area contributed by atoms with Gasteiger partial charge >= 0.3 is 0 Å². The molecule has 0 unspecified atom stereocenters. The number of hydrogen-bond donors (Lipinski definition) is 0. The van der Waals surface area contributed by atoms with E-state index in [9.17, 15) is 13.2 Å². The summed E-state index contributed by atoms with van der Waals surface area (Å²) in [7, 11) is 0. The van der Waals surface area contributed by atoms with Crippen molar-refractivity contribution in [2.45, 2.75) is 24.4 Å². The van der Waals surface area contributed by atoms with Crippen LogP contribution in [0.3, 0.4) is 0 Å². The van der Waals surface area contributed by atoms with E-state index in [0.717, 1.165) is 6.08 Å². The Balaban J connectivity index is 2.93. The molecule has 4 heteroatoms. The van der Waals surface area contributed by atoms with Crippen LogP contribution in [0.4, 0.5) is 13.2 Å². The molecule has 0 heterocycles. The van der Waals surface area contributed by atoms with E-state index < -0.39 is 22.9 Å². The molecule has 1 rings (SSSR count). The van der Waals surface area contributed by atoms with Crippen LogP contribution in [0.15, 0.2) is 12.7 Å². The summed E-state index contributed by atoms with van der Waals surface area (Å²) in [6.45, 7) is 4.58. The van der Waals surface area contributed by atoms with Gasteiger partial charge in [-0.15, -0.1) is 6.58 Å². The number of rotatable bonds is 1. The zero-order valence-electron chi connectivity index (χ0n) is 6.00. The van der Waals surface area contributed by atoms with Crippen LogP contribution >= 0.6 is 11.6 Å². The molecule has 1 aliphatic carbocycles. The predicted octanol–water partition coefficient (Wildman–Crippen LogP) is 3.12. The third kappa shape index (κ3) is 0.835. The van der Waals surface area contributed by atoms with E-state index in [-0.39, 0.29) is 0 Å². The number of halogens is 4. The summed E-state index contributed by atoms with van der Waals surface area (Å²) in [5, 5.41) is -2.96. The first-order valence-electron chi connectivity index (χ1n) is 3.16. The molecule has 64 valence electrons. The molecular formula is C7H8ClF3. The molecule has 11 heavy (non-hydrogen) atoms. The van der Waals surface area contributed by atoms with Crippen LogP contribution in [0.25, 0.3) is 0 Å². The topological polar surface area (TPSA) is 0 Å². The maximum Gasteiger partial charge on any atom is 0.297 e. The fraction of sp³-hybridized carbons (Fsp3) is 0.714. The summed E-state index contributed by atoms with van der Waals surface area (Å²) in [5.74, 6) is -3.42. The van der Waals surface area contributed by atoms with Gasteiger partial charge in [0, 0.05) is 11.8 Å². The summed E-state index contributed by atoms with van der Waals surface area (Å²) in [4.78, 5) is 0. The van der Waals surface area contributed by atoms with E-state index in [4.69, 9.17) is 11.6 Å². The maximum absolute atomic E-state index is 13.0. The van der Waals surface area contributed by atoms with Crippen molar-refractivity contribution in [3.05, 3.63) is 12.7 Å². The molecule has 1 saturated carbocycles. The summed E-state index contributed by atoms with van der Waals surface area (Å²) in [6, 6.07) is 0. The van der Waals surface area contributed by atoms with Crippen molar-refractivity contribution in [1.29, 1.82) is 0 Å². The van der Waals surface area contributed by atoms with Crippen molar-refractivity contribution < 1.29 is 13.2 Å². The van der Waals surface area contributed by atoms with Gasteiger partial charge in [0.1, 0.15) is 0 Å². The lowest BCUT2D eigenvalue weighted by atomic mass is 9.65. The highest BCUT2D eigenvalue weighted by Gasteiger charge is 2.74. The zero-order valence-corrected chi connectivity index (χ0v) is 6.76. The Bertz CT molecular complexity index is 200. The minimum Gasteiger partial charge on any atom is -0.219 e. The molecule has 0 aromatic carbocycles. The Hall–Kier alpha value is -0.180. The Kier molecular flexibility index (Phi) is 1.58. The summed E-state index contributed by atoms with van der Waals surface area (Å²) in [5.41, 5.74) is -1.29. The molecule has 0 saturated heterocycles. The van der Waals surface area contributed by atoms with E-state index in [0.29, 0.717) is 0 Å². The molecule has 0 radical (unpaired) electrons. The Labute approximate surface area is 68.0 Å². The Morgan fingerprint density at radius 1 is 1.45 bits per heavy atom. The smallest absolute Gasteiger partial charge is 0.219 e. The molecule has 0 aromatic rings. The first kappa shape index (κ1) is 8.91. The van der Waals surface area contributed by atoms with Crippen LogP contribution < -0.4 is 0 Å². The highest BCUT2D eigenvalue weighted by atomic mass is 35.5. The third-order valence-electron chi connectivity index (χ3n) is 2.22. The van der Waals surface area contributed by atoms with E-state index in [2.05, 4.69) is 6.58 Å². The summed E-state index contributed by atoms with van der Waals surface area (Å²) >= 11 is 5.02. The maximum atomic E-state index is 13.0. The molecular weight excluding hydrogens is 177 g/mol. The van der Waals surface area contributed by atoms with Crippen LogP contribution in [0.1, 0.15) is 13.3 Å². The van der Waals surface area contributed by atoms with Gasteiger partial charge in [0.15, 0.2) is 0 Å². The monoisotopic (exact) mass is 184 g/mol. The lowest BCUT2D eigenvalue weighted by molar-refractivity contribution is -0.231. The van der Waals surface area contributed by atoms with Crippen molar-refractivity contribution in [3.63, 3.8) is 0 Å². The second-order valence-corrected chi connectivity index (χ2v) is 3.60. The van der Waals surface area contributed by atoms with Gasteiger partial charge in [0.25, 0.3) is 11.1 Å². The summed E-state index contributed by atoms with van der Waals surface area (Å²) in [6.07, 6.45) is 0.570. The lowest BCUT2D eigenvalue weighted by Gasteiger charge is -2.52. The van der Waals surface area contributed by atoms with Crippen LogP contribution in [-0.4, -0.2) is 11.1 Å². The van der Waals surface area contributed by atoms with Crippen molar-refractivity contribution in [3.8, 4) is 0 Å². The van der Waals surface area contributed by atoms with Crippen molar-refractivity contribution >= 4 is 11.6 Å². The van der Waals surface area contributed by atoms with Gasteiger partial charge < -0.3 is 0 Å². The molecule has 0 aliphatic heterocycles. The van der Waals surface area contributed by atoms with E-state index in [1.807, 2.05) is 0 Å². The quantitative estimate of drug-likeness (QED) is 0.434. The van der Waals surface area contributed by atoms with Gasteiger partial charge in [0.05, 0.1) is 0 Å². The molecule has 0 N–H and O–H groups in total. The molecule has 1 aliphatic rings. The first-order valence-corrected chi connectivity index (χ1v) is 3.54. The largest absolute Gasteiger partial charge is 0.297 e. The molecule has 0 aromatic heterocycles. The normalized spacial score (nSPS) is 48.1. The molecule has 1 fully saturated rings. The molecule has 2 atom stereocenters. The fourth-order valence-electron chi connectivity index (χ4n) is 1.19. The first-order chi connectivity index (χ1) is 4.77. The molecule has 0 nitrogen and oxygen atoms in total. The molecule has 0 spiro atoms. The SMILES string of the molecule is C=C[C@]1(C)CC(F)(F)[C@@]1(F)Cl. The Morgan fingerprint density at radius 2 is 1.91 bits per heavy atom. The highest BCUT2D eigenvalue weighted by molar-refractivity contribution is 6.25. The second kappa shape index (κ2) is 1.94. The minimum absolute atomic E-state index is 0.566. The van der Waals surface area contributed by atoms with Gasteiger partial charge in [-0.2, -0.15) is 0 Å². The fourth-order valence-corrected chi connectivity index (χ4v) is 1.41. The highest BCUT2D eigenvalue weighted by Crippen LogP contribution is 2.64. The van der Waals surface area contributed by atoms with E-state index in [1.165, 1.54) is 6.92 Å². The second-order valence-electron chi connectivity index (χ2n) is 3.08. The van der Waals surface area contributed by atoms with Gasteiger partial charge in [0.2, 0.25) is 0 Å². The van der Waals surface area contributed by atoms with Gasteiger partial charge in [-0.25, -0.2) is 13.2 Å². The number of alkyl halides is 4.